The van der Waals surface area contributed by atoms with Crippen molar-refractivity contribution in [2.45, 2.75) is 32.4 Å². The van der Waals surface area contributed by atoms with E-state index in [1.165, 1.54) is 12.1 Å². The average Bonchev–Trinajstić information content (AvgIpc) is 2.82. The third-order valence-electron chi connectivity index (χ3n) is 7.02. The van der Waals surface area contributed by atoms with Crippen molar-refractivity contribution in [3.05, 3.63) is 59.5 Å². The van der Waals surface area contributed by atoms with Gasteiger partial charge in [-0.15, -0.1) is 0 Å². The first-order valence-electron chi connectivity index (χ1n) is 12.0. The molecule has 2 aliphatic heterocycles. The smallest absolute Gasteiger partial charge is 0.266 e. The Bertz CT molecular complexity index is 1270. The number of anilines is 2. The summed E-state index contributed by atoms with van der Waals surface area (Å²) in [4.78, 5) is 16.9. The minimum Gasteiger partial charge on any atom is -0.380 e. The molecule has 2 saturated heterocycles. The molecule has 3 aromatic rings. The van der Waals surface area contributed by atoms with Gasteiger partial charge in [-0.1, -0.05) is 18.2 Å². The van der Waals surface area contributed by atoms with Gasteiger partial charge < -0.3 is 19.9 Å². The van der Waals surface area contributed by atoms with E-state index in [1.54, 1.807) is 13.1 Å². The van der Waals surface area contributed by atoms with E-state index in [0.29, 0.717) is 44.1 Å². The monoisotopic (exact) mass is 499 g/mol. The number of hydrogen-bond donors (Lipinski definition) is 1. The Labute approximate surface area is 207 Å². The summed E-state index contributed by atoms with van der Waals surface area (Å²) in [5.41, 5.74) is 1.80. The molecule has 10 heteroatoms. The van der Waals surface area contributed by atoms with Crippen LogP contribution in [0.15, 0.2) is 42.6 Å². The summed E-state index contributed by atoms with van der Waals surface area (Å²) >= 11 is 0. The number of aromatic nitrogens is 2. The second-order valence-corrected chi connectivity index (χ2v) is 9.44. The predicted octanol–water partition coefficient (Wildman–Crippen LogP) is 4.56. The zero-order valence-corrected chi connectivity index (χ0v) is 20.1. The van der Waals surface area contributed by atoms with Gasteiger partial charge in [0.05, 0.1) is 48.1 Å². The average molecular weight is 500 g/mol. The summed E-state index contributed by atoms with van der Waals surface area (Å²) in [5.74, 6) is -0.778. The number of carbonyl (C=O) groups excluding carboxylic acids is 1. The number of fused-ring (bicyclic) bond motifs is 1. The van der Waals surface area contributed by atoms with Gasteiger partial charge in [-0.05, 0) is 32.0 Å². The van der Waals surface area contributed by atoms with E-state index in [4.69, 9.17) is 4.74 Å². The highest BCUT2D eigenvalue weighted by Gasteiger charge is 2.35. The van der Waals surface area contributed by atoms with Crippen LogP contribution in [0.2, 0.25) is 0 Å². The van der Waals surface area contributed by atoms with Gasteiger partial charge in [0.25, 0.3) is 6.43 Å². The molecule has 0 bridgehead atoms. The van der Waals surface area contributed by atoms with Crippen molar-refractivity contribution < 1.29 is 22.7 Å². The molecule has 0 spiro atoms. The number of nitrogens with zero attached hydrogens (tertiary/aromatic N) is 4. The maximum absolute atomic E-state index is 14.7. The number of carbonyl (C=O) groups is 1. The highest BCUT2D eigenvalue weighted by atomic mass is 19.3. The molecule has 0 saturated carbocycles. The van der Waals surface area contributed by atoms with E-state index >= 15 is 0 Å². The van der Waals surface area contributed by atoms with Crippen LogP contribution in [0.5, 0.6) is 0 Å². The topological polar surface area (TPSA) is 70.6 Å². The molecule has 190 valence electrons. The van der Waals surface area contributed by atoms with Gasteiger partial charge in [-0.25, -0.2) is 13.2 Å². The molecule has 0 unspecified atom stereocenters. The fraction of sp³-hybridized carbons (Fsp3) is 0.423. The summed E-state index contributed by atoms with van der Waals surface area (Å²) in [6, 6.07) is 9.35. The SMILES string of the molecule is C[C@@H]1CN(c2ccc3nncc(N[C@H](C)c4cccc(C(F)F)c4F)c3c2)CCN1C(=O)C1COC1. The summed E-state index contributed by atoms with van der Waals surface area (Å²) < 4.78 is 46.2. The van der Waals surface area contributed by atoms with Gasteiger partial charge in [0.15, 0.2) is 0 Å². The number of hydrogen-bond acceptors (Lipinski definition) is 6. The molecule has 3 heterocycles. The minimum atomic E-state index is -2.89. The van der Waals surface area contributed by atoms with E-state index < -0.39 is 23.8 Å². The molecule has 0 aliphatic carbocycles. The molecule has 5 rings (SSSR count). The van der Waals surface area contributed by atoms with Gasteiger partial charge in [0.1, 0.15) is 5.82 Å². The zero-order valence-electron chi connectivity index (χ0n) is 20.1. The number of alkyl halides is 2. The first kappa shape index (κ1) is 24.3. The van der Waals surface area contributed by atoms with E-state index in [-0.39, 0.29) is 23.4 Å². The fourth-order valence-corrected chi connectivity index (χ4v) is 4.87. The normalized spacial score (nSPS) is 19.4. The Balaban J connectivity index is 1.37. The molecule has 2 aromatic carbocycles. The lowest BCUT2D eigenvalue weighted by Gasteiger charge is -2.43. The van der Waals surface area contributed by atoms with Crippen LogP contribution in [0.25, 0.3) is 10.9 Å². The quantitative estimate of drug-likeness (QED) is 0.536. The molecule has 1 aromatic heterocycles. The predicted molar refractivity (Wildman–Crippen MR) is 131 cm³/mol. The van der Waals surface area contributed by atoms with Crippen molar-refractivity contribution in [2.75, 3.05) is 43.1 Å². The number of piperazine rings is 1. The van der Waals surface area contributed by atoms with Crippen molar-refractivity contribution in [3.8, 4) is 0 Å². The summed E-state index contributed by atoms with van der Waals surface area (Å²) in [6.07, 6.45) is -1.33. The molecule has 2 fully saturated rings. The second kappa shape index (κ2) is 9.93. The van der Waals surface area contributed by atoms with E-state index in [0.717, 1.165) is 17.1 Å². The first-order chi connectivity index (χ1) is 17.3. The number of halogens is 3. The highest BCUT2D eigenvalue weighted by molar-refractivity contribution is 5.93. The minimum absolute atomic E-state index is 0.0277. The lowest BCUT2D eigenvalue weighted by Crippen LogP contribution is -2.57. The Kier molecular flexibility index (Phi) is 6.70. The Morgan fingerprint density at radius 3 is 2.64 bits per heavy atom. The van der Waals surface area contributed by atoms with E-state index in [9.17, 15) is 18.0 Å². The van der Waals surface area contributed by atoms with Crippen LogP contribution < -0.4 is 10.2 Å². The molecule has 36 heavy (non-hydrogen) atoms. The summed E-state index contributed by atoms with van der Waals surface area (Å²) in [5, 5.41) is 12.3. The number of nitrogens with one attached hydrogen (secondary N) is 1. The first-order valence-corrected chi connectivity index (χ1v) is 12.0. The molecular formula is C26H28F3N5O2. The third kappa shape index (κ3) is 4.57. The van der Waals surface area contributed by atoms with Crippen molar-refractivity contribution >= 4 is 28.2 Å². The van der Waals surface area contributed by atoms with Crippen LogP contribution in [-0.2, 0) is 9.53 Å². The van der Waals surface area contributed by atoms with Crippen molar-refractivity contribution in [1.82, 2.24) is 15.1 Å². The van der Waals surface area contributed by atoms with Gasteiger partial charge >= 0.3 is 0 Å². The molecule has 1 N–H and O–H groups in total. The molecule has 1 amide bonds. The fourth-order valence-electron chi connectivity index (χ4n) is 4.87. The number of rotatable bonds is 6. The maximum Gasteiger partial charge on any atom is 0.266 e. The summed E-state index contributed by atoms with van der Waals surface area (Å²) in [7, 11) is 0. The summed E-state index contributed by atoms with van der Waals surface area (Å²) in [6.45, 7) is 6.78. The lowest BCUT2D eigenvalue weighted by molar-refractivity contribution is -0.152. The Hall–Kier alpha value is -3.40. The standard InChI is InChI=1S/C26H28F3N5O2/c1-15-12-33(8-9-34(15)26(35)17-13-36-14-17)18-6-7-22-21(10-18)23(11-30-32-22)31-16(2)19-4-3-5-20(24(19)27)25(28)29/h3-7,10-11,15-17,25H,8-9,12-14H2,1-2H3,(H,31,32)/t15-,16-/m1/s1. The third-order valence-corrected chi connectivity index (χ3v) is 7.02. The Morgan fingerprint density at radius 1 is 1.17 bits per heavy atom. The van der Waals surface area contributed by atoms with Crippen molar-refractivity contribution in [1.29, 1.82) is 0 Å². The number of benzene rings is 2. The van der Waals surface area contributed by atoms with Crippen molar-refractivity contribution in [2.24, 2.45) is 5.92 Å². The van der Waals surface area contributed by atoms with E-state index in [2.05, 4.69) is 20.4 Å². The highest BCUT2D eigenvalue weighted by Crippen LogP contribution is 2.32. The molecule has 2 atom stereocenters. The van der Waals surface area contributed by atoms with Crippen LogP contribution in [0.4, 0.5) is 24.5 Å². The molecule has 7 nitrogen and oxygen atoms in total. The maximum atomic E-state index is 14.7. The lowest BCUT2D eigenvalue weighted by atomic mass is 10.0. The molecule has 2 aliphatic rings. The van der Waals surface area contributed by atoms with Gasteiger partial charge in [-0.3, -0.25) is 4.79 Å². The van der Waals surface area contributed by atoms with Crippen LogP contribution in [-0.4, -0.2) is 59.9 Å². The van der Waals surface area contributed by atoms with Crippen LogP contribution in [0.1, 0.15) is 37.4 Å². The second-order valence-electron chi connectivity index (χ2n) is 9.44. The largest absolute Gasteiger partial charge is 0.380 e. The van der Waals surface area contributed by atoms with Crippen molar-refractivity contribution in [3.63, 3.8) is 0 Å². The van der Waals surface area contributed by atoms with Gasteiger partial charge in [0, 0.05) is 42.3 Å². The van der Waals surface area contributed by atoms with Crippen LogP contribution in [0, 0.1) is 11.7 Å². The number of amides is 1. The van der Waals surface area contributed by atoms with Gasteiger partial charge in [-0.2, -0.15) is 10.2 Å². The number of ether oxygens (including phenoxy) is 1. The molecular weight excluding hydrogens is 471 g/mol. The van der Waals surface area contributed by atoms with E-state index in [1.807, 2.05) is 30.0 Å². The van der Waals surface area contributed by atoms with Gasteiger partial charge in [0.2, 0.25) is 5.91 Å². The van der Waals surface area contributed by atoms with Crippen LogP contribution in [0.3, 0.4) is 0 Å². The zero-order chi connectivity index (χ0) is 25.4. The van der Waals surface area contributed by atoms with Crippen LogP contribution >= 0.6 is 0 Å². The Morgan fingerprint density at radius 2 is 1.94 bits per heavy atom. The molecule has 0 radical (unpaired) electrons.